The number of benzene rings is 2. The molecule has 5 nitrogen and oxygen atoms in total. The van der Waals surface area contributed by atoms with Crippen molar-refractivity contribution < 1.29 is 27.4 Å². The highest BCUT2D eigenvalue weighted by atomic mass is 19.4. The number of hydrogen-bond donors (Lipinski definition) is 1. The number of piperidine rings is 3. The van der Waals surface area contributed by atoms with Crippen molar-refractivity contribution in [2.45, 2.75) is 37.6 Å². The number of ether oxygens (including phenoxy) is 2. The Balaban J connectivity index is 1.32. The first-order valence-corrected chi connectivity index (χ1v) is 11.0. The molecule has 0 aliphatic carbocycles. The van der Waals surface area contributed by atoms with Crippen molar-refractivity contribution in [3.05, 3.63) is 53.6 Å². The Morgan fingerprint density at radius 3 is 2.59 bits per heavy atom. The van der Waals surface area contributed by atoms with Gasteiger partial charge in [0.25, 0.3) is 0 Å². The minimum atomic E-state index is -4.45. The van der Waals surface area contributed by atoms with Gasteiger partial charge >= 0.3 is 12.3 Å². The SMILES string of the molecule is O=C(NC1CCOc2cc(-c3ccccc3C(F)(F)F)ccc21)O[C@H]1CN2CCC1CC2. The zero-order chi connectivity index (χ0) is 22.3. The summed E-state index contributed by atoms with van der Waals surface area (Å²) in [5, 5.41) is 2.94. The summed E-state index contributed by atoms with van der Waals surface area (Å²) in [4.78, 5) is 14.9. The molecule has 0 saturated carbocycles. The molecule has 170 valence electrons. The second-order valence-corrected chi connectivity index (χ2v) is 8.71. The van der Waals surface area contributed by atoms with E-state index < -0.39 is 17.8 Å². The van der Waals surface area contributed by atoms with Gasteiger partial charge in [0, 0.05) is 18.5 Å². The van der Waals surface area contributed by atoms with Gasteiger partial charge in [-0.05, 0) is 55.1 Å². The Bertz CT molecular complexity index is 1000. The summed E-state index contributed by atoms with van der Waals surface area (Å²) in [6.45, 7) is 3.28. The monoisotopic (exact) mass is 446 g/mol. The van der Waals surface area contributed by atoms with E-state index in [0.29, 0.717) is 30.3 Å². The fourth-order valence-corrected chi connectivity index (χ4v) is 5.05. The zero-order valence-electron chi connectivity index (χ0n) is 17.5. The highest BCUT2D eigenvalue weighted by Gasteiger charge is 2.37. The van der Waals surface area contributed by atoms with Crippen LogP contribution in [0.4, 0.5) is 18.0 Å². The molecule has 0 spiro atoms. The number of halogens is 3. The molecule has 2 aromatic rings. The molecule has 4 aliphatic rings. The molecule has 0 radical (unpaired) electrons. The molecule has 2 aromatic carbocycles. The lowest BCUT2D eigenvalue weighted by Gasteiger charge is -2.44. The van der Waals surface area contributed by atoms with Crippen LogP contribution >= 0.6 is 0 Å². The lowest BCUT2D eigenvalue weighted by atomic mass is 9.86. The maximum atomic E-state index is 13.4. The Morgan fingerprint density at radius 2 is 1.88 bits per heavy atom. The van der Waals surface area contributed by atoms with Gasteiger partial charge < -0.3 is 14.8 Å². The summed E-state index contributed by atoms with van der Waals surface area (Å²) in [5.41, 5.74) is 0.581. The number of nitrogens with one attached hydrogen (secondary N) is 1. The Kier molecular flexibility index (Phi) is 5.49. The number of carbonyl (C=O) groups excluding carboxylic acids is 1. The fraction of sp³-hybridized carbons (Fsp3) is 0.458. The maximum absolute atomic E-state index is 13.4. The normalized spacial score (nSPS) is 26.7. The van der Waals surface area contributed by atoms with E-state index in [1.807, 2.05) is 0 Å². The Labute approximate surface area is 184 Å². The van der Waals surface area contributed by atoms with Crippen LogP contribution < -0.4 is 10.1 Å². The van der Waals surface area contributed by atoms with E-state index in [9.17, 15) is 18.0 Å². The summed E-state index contributed by atoms with van der Waals surface area (Å²) in [6, 6.07) is 10.2. The van der Waals surface area contributed by atoms with Crippen LogP contribution in [0.1, 0.15) is 36.4 Å². The first kappa shape index (κ1) is 21.1. The molecule has 1 amide bonds. The number of hydrogen-bond acceptors (Lipinski definition) is 4. The van der Waals surface area contributed by atoms with Crippen LogP contribution in [-0.2, 0) is 10.9 Å². The predicted octanol–water partition coefficient (Wildman–Crippen LogP) is 5.02. The molecule has 1 unspecified atom stereocenters. The number of amides is 1. The molecule has 0 aromatic heterocycles. The van der Waals surface area contributed by atoms with E-state index in [1.165, 1.54) is 12.1 Å². The summed E-state index contributed by atoms with van der Waals surface area (Å²) in [6.07, 6.45) is -2.30. The molecular weight excluding hydrogens is 421 g/mol. The quantitative estimate of drug-likeness (QED) is 0.720. The van der Waals surface area contributed by atoms with Gasteiger partial charge in [-0.2, -0.15) is 13.2 Å². The van der Waals surface area contributed by atoms with Crippen molar-refractivity contribution in [1.29, 1.82) is 0 Å². The second-order valence-electron chi connectivity index (χ2n) is 8.71. The minimum Gasteiger partial charge on any atom is -0.493 e. The Morgan fingerprint density at radius 1 is 1.09 bits per heavy atom. The molecule has 4 aliphatic heterocycles. The number of nitrogens with zero attached hydrogens (tertiary/aromatic N) is 1. The molecule has 2 atom stereocenters. The standard InChI is InChI=1S/C24H25F3N2O3/c25-24(26,27)19-4-2-1-3-17(19)16-5-6-18-20(9-12-31-21(18)13-16)28-23(30)32-22-14-29-10-7-15(22)8-11-29/h1-6,13,15,20,22H,7-12,14H2,(H,28,30)/t20?,22-/m0/s1. The molecule has 1 N–H and O–H groups in total. The van der Waals surface area contributed by atoms with Crippen molar-refractivity contribution in [3.63, 3.8) is 0 Å². The molecular formula is C24H25F3N2O3. The van der Waals surface area contributed by atoms with Crippen LogP contribution in [0.15, 0.2) is 42.5 Å². The van der Waals surface area contributed by atoms with E-state index in [4.69, 9.17) is 9.47 Å². The summed E-state index contributed by atoms with van der Waals surface area (Å²) < 4.78 is 51.8. The predicted molar refractivity (Wildman–Crippen MR) is 112 cm³/mol. The fourth-order valence-electron chi connectivity index (χ4n) is 5.05. The summed E-state index contributed by atoms with van der Waals surface area (Å²) in [5.74, 6) is 0.905. The molecule has 3 fully saturated rings. The van der Waals surface area contributed by atoms with Crippen LogP contribution in [0, 0.1) is 5.92 Å². The van der Waals surface area contributed by atoms with Gasteiger partial charge in [0.15, 0.2) is 0 Å². The molecule has 6 rings (SSSR count). The number of alkyl halides is 3. The van der Waals surface area contributed by atoms with Crippen LogP contribution in [-0.4, -0.2) is 43.3 Å². The third kappa shape index (κ3) is 4.16. The lowest BCUT2D eigenvalue weighted by Crippen LogP contribution is -2.52. The van der Waals surface area contributed by atoms with Gasteiger partial charge in [0.1, 0.15) is 11.9 Å². The van der Waals surface area contributed by atoms with Gasteiger partial charge in [-0.25, -0.2) is 4.79 Å². The first-order valence-electron chi connectivity index (χ1n) is 11.0. The minimum absolute atomic E-state index is 0.0851. The van der Waals surface area contributed by atoms with Crippen molar-refractivity contribution in [2.75, 3.05) is 26.2 Å². The van der Waals surface area contributed by atoms with Crippen molar-refractivity contribution >= 4 is 6.09 Å². The number of carbonyl (C=O) groups is 1. The number of rotatable bonds is 3. The van der Waals surface area contributed by atoms with Gasteiger partial charge in [-0.3, -0.25) is 4.90 Å². The molecule has 3 saturated heterocycles. The van der Waals surface area contributed by atoms with Gasteiger partial charge in [0.2, 0.25) is 0 Å². The van der Waals surface area contributed by atoms with Crippen LogP contribution in [0.25, 0.3) is 11.1 Å². The Hall–Kier alpha value is -2.74. The van der Waals surface area contributed by atoms with Gasteiger partial charge in [0.05, 0.1) is 18.2 Å². The smallest absolute Gasteiger partial charge is 0.417 e. The zero-order valence-corrected chi connectivity index (χ0v) is 17.5. The maximum Gasteiger partial charge on any atom is 0.417 e. The summed E-state index contributed by atoms with van der Waals surface area (Å²) in [7, 11) is 0. The van der Waals surface area contributed by atoms with E-state index in [2.05, 4.69) is 10.2 Å². The van der Waals surface area contributed by atoms with E-state index in [1.54, 1.807) is 24.3 Å². The highest BCUT2D eigenvalue weighted by Crippen LogP contribution is 2.40. The van der Waals surface area contributed by atoms with Crippen LogP contribution in [0.5, 0.6) is 5.75 Å². The third-order valence-corrected chi connectivity index (χ3v) is 6.74. The average molecular weight is 446 g/mol. The van der Waals surface area contributed by atoms with Crippen molar-refractivity contribution in [2.24, 2.45) is 5.92 Å². The molecule has 32 heavy (non-hydrogen) atoms. The summed E-state index contributed by atoms with van der Waals surface area (Å²) >= 11 is 0. The van der Waals surface area contributed by atoms with Crippen LogP contribution in [0.2, 0.25) is 0 Å². The van der Waals surface area contributed by atoms with E-state index in [-0.39, 0.29) is 17.7 Å². The van der Waals surface area contributed by atoms with E-state index in [0.717, 1.165) is 44.1 Å². The van der Waals surface area contributed by atoms with Gasteiger partial charge in [-0.15, -0.1) is 0 Å². The number of fused-ring (bicyclic) bond motifs is 4. The topological polar surface area (TPSA) is 50.8 Å². The second kappa shape index (κ2) is 8.31. The largest absolute Gasteiger partial charge is 0.493 e. The van der Waals surface area contributed by atoms with E-state index >= 15 is 0 Å². The molecule has 2 bridgehead atoms. The average Bonchev–Trinajstić information content (AvgIpc) is 2.79. The first-order chi connectivity index (χ1) is 15.4. The van der Waals surface area contributed by atoms with Crippen molar-refractivity contribution in [1.82, 2.24) is 10.2 Å². The molecule has 8 heteroatoms. The van der Waals surface area contributed by atoms with Gasteiger partial charge in [-0.1, -0.05) is 30.3 Å². The third-order valence-electron chi connectivity index (χ3n) is 6.74. The number of alkyl carbamates (subject to hydrolysis) is 1. The highest BCUT2D eigenvalue weighted by molar-refractivity contribution is 5.72. The lowest BCUT2D eigenvalue weighted by molar-refractivity contribution is -0.137. The van der Waals surface area contributed by atoms with Crippen LogP contribution in [0.3, 0.4) is 0 Å². The molecule has 4 heterocycles. The van der Waals surface area contributed by atoms with Crippen molar-refractivity contribution in [3.8, 4) is 16.9 Å².